The zero-order valence-corrected chi connectivity index (χ0v) is 12.8. The summed E-state index contributed by atoms with van der Waals surface area (Å²) in [7, 11) is 1.51. The number of nitrogens with one attached hydrogen (secondary N) is 2. The van der Waals surface area contributed by atoms with Gasteiger partial charge < -0.3 is 20.5 Å². The van der Waals surface area contributed by atoms with Crippen molar-refractivity contribution in [1.29, 1.82) is 0 Å². The lowest BCUT2D eigenvalue weighted by atomic mass is 9.96. The molecule has 1 aromatic rings. The number of ether oxygens (including phenoxy) is 1. The van der Waals surface area contributed by atoms with Crippen molar-refractivity contribution >= 4 is 17.6 Å². The van der Waals surface area contributed by atoms with Gasteiger partial charge in [-0.2, -0.15) is 0 Å². The Labute approximate surface area is 129 Å². The molecule has 0 bridgehead atoms. The van der Waals surface area contributed by atoms with Crippen molar-refractivity contribution in [3.05, 3.63) is 34.9 Å². The molecule has 1 aliphatic rings. The number of benzene rings is 1. The summed E-state index contributed by atoms with van der Waals surface area (Å²) in [5.74, 6) is 0. The van der Waals surface area contributed by atoms with Crippen LogP contribution in [0.3, 0.4) is 0 Å². The molecule has 116 valence electrons. The lowest BCUT2D eigenvalue weighted by molar-refractivity contribution is 0.0659. The average molecular weight is 313 g/mol. The molecule has 1 unspecified atom stereocenters. The Morgan fingerprint density at radius 3 is 2.86 bits per heavy atom. The van der Waals surface area contributed by atoms with Crippen LogP contribution in [0.25, 0.3) is 0 Å². The highest BCUT2D eigenvalue weighted by Gasteiger charge is 2.44. The molecule has 0 spiro atoms. The summed E-state index contributed by atoms with van der Waals surface area (Å²) in [6.45, 7) is 0.941. The van der Waals surface area contributed by atoms with E-state index in [4.69, 9.17) is 16.3 Å². The second kappa shape index (κ2) is 7.11. The predicted molar refractivity (Wildman–Crippen MR) is 81.6 cm³/mol. The molecule has 1 atom stereocenters. The third kappa shape index (κ3) is 4.59. The van der Waals surface area contributed by atoms with E-state index in [0.29, 0.717) is 11.6 Å². The van der Waals surface area contributed by atoms with Gasteiger partial charge in [0, 0.05) is 30.6 Å². The number of amides is 2. The van der Waals surface area contributed by atoms with Crippen LogP contribution in [0.1, 0.15) is 18.4 Å². The van der Waals surface area contributed by atoms with E-state index >= 15 is 0 Å². The van der Waals surface area contributed by atoms with Crippen molar-refractivity contribution in [3.63, 3.8) is 0 Å². The van der Waals surface area contributed by atoms with Gasteiger partial charge in [-0.3, -0.25) is 0 Å². The molecule has 2 amide bonds. The van der Waals surface area contributed by atoms with E-state index in [1.165, 1.54) is 7.11 Å². The van der Waals surface area contributed by atoms with Gasteiger partial charge >= 0.3 is 6.03 Å². The normalized spacial score (nSPS) is 17.1. The minimum atomic E-state index is -0.691. The first-order valence-corrected chi connectivity index (χ1v) is 7.38. The molecule has 5 nitrogen and oxygen atoms in total. The second-order valence-corrected chi connectivity index (χ2v) is 5.90. The maximum absolute atomic E-state index is 11.7. The van der Waals surface area contributed by atoms with Gasteiger partial charge in [-0.25, -0.2) is 4.79 Å². The van der Waals surface area contributed by atoms with Crippen LogP contribution in [0.15, 0.2) is 24.3 Å². The first-order valence-electron chi connectivity index (χ1n) is 7.00. The van der Waals surface area contributed by atoms with Crippen LogP contribution in [0, 0.1) is 0 Å². The zero-order chi connectivity index (χ0) is 15.3. The molecular formula is C15H21ClN2O3. The SMILES string of the molecule is COCC(O)CNC(=O)NCC1(c2cccc(Cl)c2)CC1. The van der Waals surface area contributed by atoms with Crippen LogP contribution in [0.5, 0.6) is 0 Å². The Kier molecular flexibility index (Phi) is 5.45. The molecule has 1 fully saturated rings. The largest absolute Gasteiger partial charge is 0.389 e. The number of aliphatic hydroxyl groups excluding tert-OH is 1. The quantitative estimate of drug-likeness (QED) is 0.717. The summed E-state index contributed by atoms with van der Waals surface area (Å²) in [6.07, 6.45) is 1.39. The molecule has 1 aromatic carbocycles. The lowest BCUT2D eigenvalue weighted by Crippen LogP contribution is -2.43. The van der Waals surface area contributed by atoms with Crippen LogP contribution in [-0.4, -0.2) is 44.0 Å². The number of methoxy groups -OCH3 is 1. The third-order valence-electron chi connectivity index (χ3n) is 3.74. The van der Waals surface area contributed by atoms with E-state index in [1.807, 2.05) is 24.3 Å². The van der Waals surface area contributed by atoms with E-state index in [1.54, 1.807) is 0 Å². The van der Waals surface area contributed by atoms with Crippen LogP contribution in [-0.2, 0) is 10.2 Å². The Bertz CT molecular complexity index is 492. The Morgan fingerprint density at radius 1 is 1.48 bits per heavy atom. The fraction of sp³-hybridized carbons (Fsp3) is 0.533. The maximum Gasteiger partial charge on any atom is 0.314 e. The van der Waals surface area contributed by atoms with Crippen LogP contribution in [0.4, 0.5) is 4.79 Å². The highest BCUT2D eigenvalue weighted by atomic mass is 35.5. The fourth-order valence-electron chi connectivity index (χ4n) is 2.31. The monoisotopic (exact) mass is 312 g/mol. The Balaban J connectivity index is 1.79. The molecule has 3 N–H and O–H groups in total. The highest BCUT2D eigenvalue weighted by Crippen LogP contribution is 2.48. The number of halogens is 1. The molecule has 6 heteroatoms. The summed E-state index contributed by atoms with van der Waals surface area (Å²) in [5, 5.41) is 15.7. The summed E-state index contributed by atoms with van der Waals surface area (Å²) in [5.41, 5.74) is 1.17. The number of aliphatic hydroxyl groups is 1. The van der Waals surface area contributed by atoms with Crippen molar-refractivity contribution in [2.24, 2.45) is 0 Å². The van der Waals surface area contributed by atoms with Crippen molar-refractivity contribution in [2.75, 3.05) is 26.8 Å². The molecule has 0 saturated heterocycles. The lowest BCUT2D eigenvalue weighted by Gasteiger charge is -2.18. The smallest absolute Gasteiger partial charge is 0.314 e. The van der Waals surface area contributed by atoms with Gasteiger partial charge in [-0.15, -0.1) is 0 Å². The number of carbonyl (C=O) groups is 1. The highest BCUT2D eigenvalue weighted by molar-refractivity contribution is 6.30. The minimum absolute atomic E-state index is 0.00733. The maximum atomic E-state index is 11.7. The molecule has 1 saturated carbocycles. The van der Waals surface area contributed by atoms with Gasteiger partial charge in [0.2, 0.25) is 0 Å². The number of hydrogen-bond donors (Lipinski definition) is 3. The summed E-state index contributed by atoms with van der Waals surface area (Å²) < 4.78 is 4.79. The van der Waals surface area contributed by atoms with Crippen LogP contribution >= 0.6 is 11.6 Å². The van der Waals surface area contributed by atoms with Gasteiger partial charge in [0.15, 0.2) is 0 Å². The first kappa shape index (κ1) is 16.1. The Morgan fingerprint density at radius 2 is 2.24 bits per heavy atom. The molecular weight excluding hydrogens is 292 g/mol. The van der Waals surface area contributed by atoms with E-state index in [2.05, 4.69) is 10.6 Å². The van der Waals surface area contributed by atoms with E-state index < -0.39 is 6.10 Å². The number of hydrogen-bond acceptors (Lipinski definition) is 3. The molecule has 0 aromatic heterocycles. The van der Waals surface area contributed by atoms with E-state index in [9.17, 15) is 9.90 Å². The van der Waals surface area contributed by atoms with Crippen LogP contribution in [0.2, 0.25) is 5.02 Å². The van der Waals surface area contributed by atoms with Crippen molar-refractivity contribution in [1.82, 2.24) is 10.6 Å². The zero-order valence-electron chi connectivity index (χ0n) is 12.1. The van der Waals surface area contributed by atoms with Crippen LogP contribution < -0.4 is 10.6 Å². The van der Waals surface area contributed by atoms with E-state index in [-0.39, 0.29) is 24.6 Å². The molecule has 0 aliphatic heterocycles. The summed E-state index contributed by atoms with van der Waals surface area (Å²) >= 11 is 6.02. The third-order valence-corrected chi connectivity index (χ3v) is 3.97. The number of rotatable bonds is 7. The topological polar surface area (TPSA) is 70.6 Å². The van der Waals surface area contributed by atoms with E-state index in [0.717, 1.165) is 18.4 Å². The van der Waals surface area contributed by atoms with Crippen molar-refractivity contribution in [3.8, 4) is 0 Å². The fourth-order valence-corrected chi connectivity index (χ4v) is 2.50. The average Bonchev–Trinajstić information content (AvgIpc) is 3.24. The van der Waals surface area contributed by atoms with Gasteiger partial charge in [-0.1, -0.05) is 23.7 Å². The van der Waals surface area contributed by atoms with Gasteiger partial charge in [0.05, 0.1) is 12.7 Å². The molecule has 0 heterocycles. The molecule has 2 rings (SSSR count). The summed E-state index contributed by atoms with van der Waals surface area (Å²) in [6, 6.07) is 7.49. The minimum Gasteiger partial charge on any atom is -0.389 e. The first-order chi connectivity index (χ1) is 10.1. The van der Waals surface area contributed by atoms with Crippen molar-refractivity contribution in [2.45, 2.75) is 24.4 Å². The van der Waals surface area contributed by atoms with Gasteiger partial charge in [0.1, 0.15) is 0 Å². The molecule has 1 aliphatic carbocycles. The number of urea groups is 1. The van der Waals surface area contributed by atoms with Gasteiger partial charge in [-0.05, 0) is 30.5 Å². The predicted octanol–water partition coefficient (Wildman–Crippen LogP) is 1.68. The summed E-state index contributed by atoms with van der Waals surface area (Å²) in [4.78, 5) is 11.7. The second-order valence-electron chi connectivity index (χ2n) is 5.46. The number of carbonyl (C=O) groups excluding carboxylic acids is 1. The molecule has 0 radical (unpaired) electrons. The van der Waals surface area contributed by atoms with Crippen molar-refractivity contribution < 1.29 is 14.6 Å². The standard InChI is InChI=1S/C15H21ClN2O3/c1-21-9-13(19)8-17-14(20)18-10-15(5-6-15)11-3-2-4-12(16)7-11/h2-4,7,13,19H,5-6,8-10H2,1H3,(H2,17,18,20). The Hall–Kier alpha value is -1.30. The van der Waals surface area contributed by atoms with Gasteiger partial charge in [0.25, 0.3) is 0 Å². The molecule has 21 heavy (non-hydrogen) atoms.